The third-order valence-electron chi connectivity index (χ3n) is 3.40. The summed E-state index contributed by atoms with van der Waals surface area (Å²) in [4.78, 5) is 45.7. The van der Waals surface area contributed by atoms with Crippen molar-refractivity contribution in [2.24, 2.45) is 11.5 Å². The summed E-state index contributed by atoms with van der Waals surface area (Å²) in [5.41, 5.74) is 10.6. The molecule has 0 spiro atoms. The van der Waals surface area contributed by atoms with Crippen LogP contribution in [0.3, 0.4) is 0 Å². The van der Waals surface area contributed by atoms with Crippen molar-refractivity contribution in [2.45, 2.75) is 50.2 Å². The van der Waals surface area contributed by atoms with E-state index in [1.54, 1.807) is 0 Å². The van der Waals surface area contributed by atoms with Gasteiger partial charge in [0.1, 0.15) is 18.1 Å². The Labute approximate surface area is 151 Å². The van der Waals surface area contributed by atoms with Crippen LogP contribution in [0.4, 0.5) is 0 Å². The number of carbonyl (C=O) groups excluding carboxylic acids is 2. The van der Waals surface area contributed by atoms with E-state index in [-0.39, 0.29) is 25.0 Å². The van der Waals surface area contributed by atoms with Gasteiger partial charge < -0.3 is 32.3 Å². The van der Waals surface area contributed by atoms with Crippen LogP contribution >= 0.6 is 12.6 Å². The third-order valence-corrected chi connectivity index (χ3v) is 3.76. The lowest BCUT2D eigenvalue weighted by molar-refractivity contribution is -0.142. The molecular weight excluding hydrogens is 352 g/mol. The molecule has 2 amide bonds. The van der Waals surface area contributed by atoms with Crippen molar-refractivity contribution in [1.29, 1.82) is 0 Å². The molecule has 0 rings (SSSR count). The van der Waals surface area contributed by atoms with Crippen molar-refractivity contribution >= 4 is 36.4 Å². The fourth-order valence-electron chi connectivity index (χ4n) is 1.89. The largest absolute Gasteiger partial charge is 0.480 e. The zero-order valence-electron chi connectivity index (χ0n) is 13.8. The summed E-state index contributed by atoms with van der Waals surface area (Å²) in [6.45, 7) is 0.425. The van der Waals surface area contributed by atoms with Crippen molar-refractivity contribution in [3.63, 3.8) is 0 Å². The normalized spacial score (nSPS) is 14.2. The molecule has 11 heteroatoms. The minimum Gasteiger partial charge on any atom is -0.480 e. The van der Waals surface area contributed by atoms with Crippen LogP contribution in [0.25, 0.3) is 0 Å². The first kappa shape index (κ1) is 23.1. The number of amides is 2. The number of nitrogens with two attached hydrogens (primary N) is 2. The van der Waals surface area contributed by atoms with Crippen LogP contribution in [-0.4, -0.2) is 64.4 Å². The molecular formula is C14H26N4O6S. The molecule has 144 valence electrons. The molecule has 0 heterocycles. The van der Waals surface area contributed by atoms with Crippen LogP contribution in [-0.2, 0) is 19.2 Å². The first-order valence-electron chi connectivity index (χ1n) is 7.84. The Bertz CT molecular complexity index is 476. The third kappa shape index (κ3) is 9.89. The van der Waals surface area contributed by atoms with Gasteiger partial charge in [-0.15, -0.1) is 0 Å². The number of carboxylic acids is 2. The maximum Gasteiger partial charge on any atom is 0.326 e. The standard InChI is InChI=1S/C14H26N4O6S/c15-6-2-1-3-9(14(23)24)18-12(20)10(7-25)17-11(19)5-4-8(16)13(21)22/h8-10,25H,1-7,15-16H2,(H,17,19)(H,18,20)(H,21,22)(H,23,24)/t8-,9-,10-/m0/s1. The highest BCUT2D eigenvalue weighted by Crippen LogP contribution is 2.03. The lowest BCUT2D eigenvalue weighted by Gasteiger charge is -2.20. The van der Waals surface area contributed by atoms with Gasteiger partial charge in [0.05, 0.1) is 0 Å². The highest BCUT2D eigenvalue weighted by atomic mass is 32.1. The molecule has 0 saturated carbocycles. The second kappa shape index (κ2) is 12.5. The van der Waals surface area contributed by atoms with Gasteiger partial charge in [0, 0.05) is 12.2 Å². The Morgan fingerprint density at radius 3 is 2.08 bits per heavy atom. The molecule has 0 aliphatic carbocycles. The smallest absolute Gasteiger partial charge is 0.326 e. The number of rotatable bonds is 13. The summed E-state index contributed by atoms with van der Waals surface area (Å²) in [6, 6.07) is -3.29. The fraction of sp³-hybridized carbons (Fsp3) is 0.714. The number of unbranched alkanes of at least 4 members (excludes halogenated alkanes) is 1. The summed E-state index contributed by atoms with van der Waals surface area (Å²) in [5.74, 6) is -3.69. The number of nitrogens with one attached hydrogen (secondary N) is 2. The molecule has 0 aliphatic heterocycles. The van der Waals surface area contributed by atoms with E-state index in [1.807, 2.05) is 0 Å². The quantitative estimate of drug-likeness (QED) is 0.146. The zero-order chi connectivity index (χ0) is 19.4. The predicted molar refractivity (Wildman–Crippen MR) is 93.1 cm³/mol. The Kier molecular flexibility index (Phi) is 11.6. The maximum absolute atomic E-state index is 12.1. The van der Waals surface area contributed by atoms with Gasteiger partial charge in [-0.1, -0.05) is 0 Å². The molecule has 0 radical (unpaired) electrons. The molecule has 0 aromatic heterocycles. The van der Waals surface area contributed by atoms with E-state index in [4.69, 9.17) is 21.7 Å². The summed E-state index contributed by atoms with van der Waals surface area (Å²) in [6.07, 6.45) is 1.14. The van der Waals surface area contributed by atoms with E-state index < -0.39 is 41.9 Å². The van der Waals surface area contributed by atoms with Crippen LogP contribution in [0, 0.1) is 0 Å². The lowest BCUT2D eigenvalue weighted by Crippen LogP contribution is -2.52. The molecule has 0 fully saturated rings. The molecule has 10 nitrogen and oxygen atoms in total. The molecule has 0 unspecified atom stereocenters. The van der Waals surface area contributed by atoms with Gasteiger partial charge >= 0.3 is 11.9 Å². The van der Waals surface area contributed by atoms with Gasteiger partial charge in [-0.05, 0) is 32.2 Å². The molecule has 8 N–H and O–H groups in total. The second-order valence-corrected chi connectivity index (χ2v) is 5.84. The number of aliphatic carboxylic acids is 2. The molecule has 0 saturated heterocycles. The van der Waals surface area contributed by atoms with Gasteiger partial charge in [-0.25, -0.2) is 4.79 Å². The highest BCUT2D eigenvalue weighted by Gasteiger charge is 2.25. The van der Waals surface area contributed by atoms with E-state index in [1.165, 1.54) is 0 Å². The Morgan fingerprint density at radius 2 is 1.60 bits per heavy atom. The van der Waals surface area contributed by atoms with Crippen molar-refractivity contribution < 1.29 is 29.4 Å². The minimum atomic E-state index is -1.22. The Balaban J connectivity index is 4.54. The van der Waals surface area contributed by atoms with Gasteiger partial charge in [0.25, 0.3) is 0 Å². The number of hydrogen-bond donors (Lipinski definition) is 7. The first-order valence-corrected chi connectivity index (χ1v) is 8.48. The van der Waals surface area contributed by atoms with E-state index in [0.29, 0.717) is 19.4 Å². The van der Waals surface area contributed by atoms with Gasteiger partial charge in [0.15, 0.2) is 0 Å². The van der Waals surface area contributed by atoms with Crippen molar-refractivity contribution in [1.82, 2.24) is 10.6 Å². The molecule has 0 aromatic carbocycles. The number of hydrogen-bond acceptors (Lipinski definition) is 7. The summed E-state index contributed by atoms with van der Waals surface area (Å²) < 4.78 is 0. The monoisotopic (exact) mass is 378 g/mol. The number of carbonyl (C=O) groups is 4. The second-order valence-electron chi connectivity index (χ2n) is 5.47. The van der Waals surface area contributed by atoms with Crippen LogP contribution in [0.1, 0.15) is 32.1 Å². The van der Waals surface area contributed by atoms with Crippen LogP contribution < -0.4 is 22.1 Å². The summed E-state index contributed by atoms with van der Waals surface area (Å²) in [5, 5.41) is 22.5. The van der Waals surface area contributed by atoms with Crippen LogP contribution in [0.15, 0.2) is 0 Å². The maximum atomic E-state index is 12.1. The molecule has 3 atom stereocenters. The van der Waals surface area contributed by atoms with Gasteiger partial charge in [0.2, 0.25) is 11.8 Å². The summed E-state index contributed by atoms with van der Waals surface area (Å²) >= 11 is 3.97. The van der Waals surface area contributed by atoms with Crippen molar-refractivity contribution in [2.75, 3.05) is 12.3 Å². The van der Waals surface area contributed by atoms with Crippen LogP contribution in [0.2, 0.25) is 0 Å². The SMILES string of the molecule is NCCCC[C@H](NC(=O)[C@H](CS)NC(=O)CC[C@H](N)C(=O)O)C(=O)O. The Morgan fingerprint density at radius 1 is 0.960 bits per heavy atom. The fourth-order valence-corrected chi connectivity index (χ4v) is 2.15. The highest BCUT2D eigenvalue weighted by molar-refractivity contribution is 7.80. The molecule has 0 aromatic rings. The van der Waals surface area contributed by atoms with Crippen molar-refractivity contribution in [3.05, 3.63) is 0 Å². The van der Waals surface area contributed by atoms with Gasteiger partial charge in [-0.2, -0.15) is 12.6 Å². The summed E-state index contributed by atoms with van der Waals surface area (Å²) in [7, 11) is 0. The van der Waals surface area contributed by atoms with Crippen molar-refractivity contribution in [3.8, 4) is 0 Å². The minimum absolute atomic E-state index is 0.0440. The zero-order valence-corrected chi connectivity index (χ0v) is 14.7. The van der Waals surface area contributed by atoms with E-state index in [2.05, 4.69) is 23.3 Å². The molecule has 0 bridgehead atoms. The predicted octanol–water partition coefficient (Wildman–Crippen LogP) is -1.71. The van der Waals surface area contributed by atoms with E-state index in [9.17, 15) is 19.2 Å². The molecule has 0 aliphatic rings. The topological polar surface area (TPSA) is 185 Å². The first-order chi connectivity index (χ1) is 11.7. The number of carboxylic acid groups (broad SMARTS) is 2. The average Bonchev–Trinajstić information content (AvgIpc) is 2.56. The van der Waals surface area contributed by atoms with Gasteiger partial charge in [-0.3, -0.25) is 14.4 Å². The average molecular weight is 378 g/mol. The Hall–Kier alpha value is -1.85. The van der Waals surface area contributed by atoms with E-state index >= 15 is 0 Å². The lowest BCUT2D eigenvalue weighted by atomic mass is 10.1. The van der Waals surface area contributed by atoms with E-state index in [0.717, 1.165) is 0 Å². The molecule has 25 heavy (non-hydrogen) atoms. The van der Waals surface area contributed by atoms with Crippen LogP contribution in [0.5, 0.6) is 0 Å². The number of thiol groups is 1.